The Morgan fingerprint density at radius 3 is 2.56 bits per heavy atom. The maximum atomic E-state index is 10.8. The molecular weight excluding hydrogens is 246 g/mol. The average molecular weight is 259 g/mol. The van der Waals surface area contributed by atoms with E-state index in [1.165, 1.54) is 6.08 Å². The molecule has 1 aliphatic rings. The molecule has 1 aromatic rings. The molecule has 0 spiro atoms. The van der Waals surface area contributed by atoms with E-state index in [0.717, 1.165) is 11.1 Å². The largest absolute Gasteiger partial charge is 0.286 e. The summed E-state index contributed by atoms with van der Waals surface area (Å²) in [6.45, 7) is 0. The van der Waals surface area contributed by atoms with E-state index in [1.807, 2.05) is 48.6 Å². The first-order chi connectivity index (χ1) is 8.60. The SMILES string of the molecule is O=[N+]([O-])C1(S)C=CC(C=Cc2ccccc2)=CC1. The van der Waals surface area contributed by atoms with Gasteiger partial charge in [0.2, 0.25) is 0 Å². The molecule has 0 aromatic heterocycles. The summed E-state index contributed by atoms with van der Waals surface area (Å²) >= 11 is 4.07. The van der Waals surface area contributed by atoms with Crippen molar-refractivity contribution in [1.82, 2.24) is 0 Å². The number of nitrogens with zero attached hydrogens (tertiary/aromatic N) is 1. The summed E-state index contributed by atoms with van der Waals surface area (Å²) in [5.41, 5.74) is 2.06. The van der Waals surface area contributed by atoms with Crippen LogP contribution in [-0.4, -0.2) is 9.79 Å². The van der Waals surface area contributed by atoms with Gasteiger partial charge in [-0.2, -0.15) is 0 Å². The summed E-state index contributed by atoms with van der Waals surface area (Å²) in [5, 5.41) is 10.8. The average Bonchev–Trinajstić information content (AvgIpc) is 2.39. The van der Waals surface area contributed by atoms with E-state index in [0.29, 0.717) is 6.42 Å². The predicted octanol–water partition coefficient (Wildman–Crippen LogP) is 3.49. The molecule has 18 heavy (non-hydrogen) atoms. The lowest BCUT2D eigenvalue weighted by Crippen LogP contribution is -2.30. The van der Waals surface area contributed by atoms with Crippen molar-refractivity contribution in [3.8, 4) is 0 Å². The molecule has 0 saturated carbocycles. The van der Waals surface area contributed by atoms with Gasteiger partial charge in [-0.05, 0) is 11.1 Å². The molecule has 0 aliphatic heterocycles. The molecular formula is C14H13NO2S. The van der Waals surface area contributed by atoms with E-state index in [-0.39, 0.29) is 4.92 Å². The quantitative estimate of drug-likeness (QED) is 0.391. The molecule has 1 unspecified atom stereocenters. The zero-order valence-electron chi connectivity index (χ0n) is 9.69. The third kappa shape index (κ3) is 2.90. The van der Waals surface area contributed by atoms with Crippen LogP contribution in [0.4, 0.5) is 0 Å². The van der Waals surface area contributed by atoms with Crippen LogP contribution in [0, 0.1) is 10.1 Å². The lowest BCUT2D eigenvalue weighted by atomic mass is 10.0. The number of benzene rings is 1. The van der Waals surface area contributed by atoms with Crippen LogP contribution in [0.25, 0.3) is 6.08 Å². The zero-order chi connectivity index (χ0) is 13.0. The molecule has 2 rings (SSSR count). The van der Waals surface area contributed by atoms with Crippen molar-refractivity contribution in [2.24, 2.45) is 0 Å². The number of hydrogen-bond donors (Lipinski definition) is 1. The highest BCUT2D eigenvalue weighted by Crippen LogP contribution is 2.28. The highest BCUT2D eigenvalue weighted by Gasteiger charge is 2.35. The fraction of sp³-hybridized carbons (Fsp3) is 0.143. The minimum atomic E-state index is -1.26. The topological polar surface area (TPSA) is 43.1 Å². The van der Waals surface area contributed by atoms with Crippen LogP contribution in [0.1, 0.15) is 12.0 Å². The van der Waals surface area contributed by atoms with E-state index in [2.05, 4.69) is 12.6 Å². The molecule has 1 aromatic carbocycles. The van der Waals surface area contributed by atoms with Crippen molar-refractivity contribution in [2.45, 2.75) is 11.3 Å². The monoisotopic (exact) mass is 259 g/mol. The van der Waals surface area contributed by atoms with Gasteiger partial charge in [0.25, 0.3) is 4.87 Å². The van der Waals surface area contributed by atoms with Crippen LogP contribution < -0.4 is 0 Å². The highest BCUT2D eigenvalue weighted by atomic mass is 32.1. The third-order valence-corrected chi connectivity index (χ3v) is 3.26. The summed E-state index contributed by atoms with van der Waals surface area (Å²) in [6, 6.07) is 9.91. The van der Waals surface area contributed by atoms with Crippen molar-refractivity contribution in [3.63, 3.8) is 0 Å². The van der Waals surface area contributed by atoms with Gasteiger partial charge in [-0.1, -0.05) is 67.3 Å². The maximum Gasteiger partial charge on any atom is 0.286 e. The molecule has 0 heterocycles. The standard InChI is InChI=1S/C14H13NO2S/c16-15(17)14(18)10-8-13(9-11-14)7-6-12-4-2-1-3-5-12/h1-10,18H,11H2. The highest BCUT2D eigenvalue weighted by molar-refractivity contribution is 7.81. The van der Waals surface area contributed by atoms with Gasteiger partial charge in [-0.15, -0.1) is 0 Å². The second kappa shape index (κ2) is 5.23. The number of nitro groups is 1. The predicted molar refractivity (Wildman–Crippen MR) is 76.0 cm³/mol. The Hall–Kier alpha value is -1.81. The van der Waals surface area contributed by atoms with Crippen molar-refractivity contribution < 1.29 is 4.92 Å². The second-order valence-electron chi connectivity index (χ2n) is 4.12. The summed E-state index contributed by atoms with van der Waals surface area (Å²) in [5.74, 6) is 0. The van der Waals surface area contributed by atoms with E-state index >= 15 is 0 Å². The Balaban J connectivity index is 2.07. The summed E-state index contributed by atoms with van der Waals surface area (Å²) in [6.07, 6.45) is 9.32. The van der Waals surface area contributed by atoms with Crippen LogP contribution in [0.2, 0.25) is 0 Å². The van der Waals surface area contributed by atoms with Crippen molar-refractivity contribution in [2.75, 3.05) is 0 Å². The Labute approximate surface area is 111 Å². The van der Waals surface area contributed by atoms with Gasteiger partial charge in [-0.3, -0.25) is 10.1 Å². The van der Waals surface area contributed by atoms with Crippen LogP contribution in [0.15, 0.2) is 60.2 Å². The first-order valence-corrected chi connectivity index (χ1v) is 6.04. The van der Waals surface area contributed by atoms with Crippen molar-refractivity contribution in [1.29, 1.82) is 0 Å². The first kappa shape index (κ1) is 12.6. The summed E-state index contributed by atoms with van der Waals surface area (Å²) < 4.78 is 0. The number of allylic oxidation sites excluding steroid dienone is 3. The molecule has 0 fully saturated rings. The fourth-order valence-corrected chi connectivity index (χ4v) is 1.82. The molecule has 0 saturated heterocycles. The maximum absolute atomic E-state index is 10.8. The van der Waals surface area contributed by atoms with Crippen molar-refractivity contribution >= 4 is 18.7 Å². The number of thiol groups is 1. The van der Waals surface area contributed by atoms with Gasteiger partial charge in [0.15, 0.2) is 0 Å². The third-order valence-electron chi connectivity index (χ3n) is 2.76. The molecule has 0 bridgehead atoms. The summed E-state index contributed by atoms with van der Waals surface area (Å²) in [7, 11) is 0. The van der Waals surface area contributed by atoms with Gasteiger partial charge < -0.3 is 0 Å². The Morgan fingerprint density at radius 2 is 2.00 bits per heavy atom. The molecule has 0 radical (unpaired) electrons. The minimum absolute atomic E-state index is 0.300. The smallest absolute Gasteiger partial charge is 0.263 e. The fourth-order valence-electron chi connectivity index (χ4n) is 1.65. The van der Waals surface area contributed by atoms with E-state index in [9.17, 15) is 10.1 Å². The van der Waals surface area contributed by atoms with E-state index < -0.39 is 4.87 Å². The van der Waals surface area contributed by atoms with E-state index in [4.69, 9.17) is 0 Å². The minimum Gasteiger partial charge on any atom is -0.263 e. The molecule has 3 nitrogen and oxygen atoms in total. The zero-order valence-corrected chi connectivity index (χ0v) is 10.6. The number of hydrogen-bond acceptors (Lipinski definition) is 3. The Bertz CT molecular complexity index is 534. The van der Waals surface area contributed by atoms with Crippen molar-refractivity contribution in [3.05, 3.63) is 75.9 Å². The van der Waals surface area contributed by atoms with Gasteiger partial charge in [0, 0.05) is 11.0 Å². The Kier molecular flexibility index (Phi) is 3.67. The first-order valence-electron chi connectivity index (χ1n) is 5.59. The van der Waals surface area contributed by atoms with Crippen LogP contribution in [-0.2, 0) is 0 Å². The van der Waals surface area contributed by atoms with Gasteiger partial charge in [0.1, 0.15) is 0 Å². The molecule has 0 amide bonds. The van der Waals surface area contributed by atoms with Crippen LogP contribution >= 0.6 is 12.6 Å². The lowest BCUT2D eigenvalue weighted by molar-refractivity contribution is -0.523. The molecule has 1 atom stereocenters. The second-order valence-corrected chi connectivity index (χ2v) is 4.90. The van der Waals surface area contributed by atoms with Gasteiger partial charge in [-0.25, -0.2) is 0 Å². The van der Waals surface area contributed by atoms with Crippen LogP contribution in [0.3, 0.4) is 0 Å². The number of rotatable bonds is 3. The van der Waals surface area contributed by atoms with Gasteiger partial charge >= 0.3 is 0 Å². The molecule has 0 N–H and O–H groups in total. The lowest BCUT2D eigenvalue weighted by Gasteiger charge is -2.17. The Morgan fingerprint density at radius 1 is 1.28 bits per heavy atom. The summed E-state index contributed by atoms with van der Waals surface area (Å²) in [4.78, 5) is 9.16. The van der Waals surface area contributed by atoms with Gasteiger partial charge in [0.05, 0.1) is 6.42 Å². The van der Waals surface area contributed by atoms with E-state index in [1.54, 1.807) is 6.08 Å². The normalized spacial score (nSPS) is 23.1. The van der Waals surface area contributed by atoms with Crippen LogP contribution in [0.5, 0.6) is 0 Å². The molecule has 1 aliphatic carbocycles. The molecule has 4 heteroatoms. The molecule has 92 valence electrons.